The van der Waals surface area contributed by atoms with Crippen LogP contribution in [0.15, 0.2) is 24.5 Å². The number of ether oxygens (including phenoxy) is 1. The molecular formula is C15H16FN3O2. The van der Waals surface area contributed by atoms with Gasteiger partial charge < -0.3 is 9.84 Å². The summed E-state index contributed by atoms with van der Waals surface area (Å²) >= 11 is 0. The van der Waals surface area contributed by atoms with Crippen molar-refractivity contribution < 1.29 is 14.2 Å². The van der Waals surface area contributed by atoms with Crippen LogP contribution >= 0.6 is 0 Å². The van der Waals surface area contributed by atoms with E-state index in [-0.39, 0.29) is 25.0 Å². The van der Waals surface area contributed by atoms with Gasteiger partial charge in [0.05, 0.1) is 0 Å². The zero-order valence-corrected chi connectivity index (χ0v) is 11.9. The number of nitrogens with zero attached hydrogens (tertiary/aromatic N) is 3. The minimum absolute atomic E-state index is 0.0954. The predicted molar refractivity (Wildman–Crippen MR) is 75.1 cm³/mol. The van der Waals surface area contributed by atoms with Gasteiger partial charge in [-0.25, -0.2) is 14.1 Å². The first kappa shape index (κ1) is 15.0. The van der Waals surface area contributed by atoms with Crippen LogP contribution in [0.25, 0.3) is 0 Å². The lowest BCUT2D eigenvalue weighted by Crippen LogP contribution is -2.11. The molecule has 1 N–H and O–H groups in total. The summed E-state index contributed by atoms with van der Waals surface area (Å²) in [6.45, 7) is 3.82. The molecule has 5 nitrogen and oxygen atoms in total. The fourth-order valence-electron chi connectivity index (χ4n) is 1.78. The molecule has 2 aromatic rings. The molecule has 110 valence electrons. The molecule has 1 aromatic carbocycles. The van der Waals surface area contributed by atoms with Gasteiger partial charge in [0.15, 0.2) is 17.4 Å². The van der Waals surface area contributed by atoms with E-state index < -0.39 is 5.82 Å². The number of benzene rings is 1. The van der Waals surface area contributed by atoms with Crippen molar-refractivity contribution in [1.82, 2.24) is 14.8 Å². The van der Waals surface area contributed by atoms with Gasteiger partial charge in [0.2, 0.25) is 0 Å². The maximum Gasteiger partial charge on any atom is 0.165 e. The van der Waals surface area contributed by atoms with Gasteiger partial charge in [-0.3, -0.25) is 0 Å². The van der Waals surface area contributed by atoms with E-state index in [1.54, 1.807) is 4.68 Å². The summed E-state index contributed by atoms with van der Waals surface area (Å²) in [5.74, 6) is 5.46. The fraction of sp³-hybridized carbons (Fsp3) is 0.333. The van der Waals surface area contributed by atoms with Gasteiger partial charge in [-0.05, 0) is 32.0 Å². The average Bonchev–Trinajstić information content (AvgIpc) is 2.93. The molecule has 0 radical (unpaired) electrons. The summed E-state index contributed by atoms with van der Waals surface area (Å²) in [5.41, 5.74) is 0.575. The van der Waals surface area contributed by atoms with E-state index in [0.717, 1.165) is 0 Å². The molecule has 1 heterocycles. The molecule has 0 aliphatic rings. The van der Waals surface area contributed by atoms with Crippen LogP contribution < -0.4 is 4.74 Å². The highest BCUT2D eigenvalue weighted by atomic mass is 19.1. The lowest BCUT2D eigenvalue weighted by molar-refractivity contribution is 0.269. The molecule has 0 bridgehead atoms. The maximum atomic E-state index is 13.7. The van der Waals surface area contributed by atoms with Gasteiger partial charge in [-0.15, -0.1) is 0 Å². The summed E-state index contributed by atoms with van der Waals surface area (Å²) in [7, 11) is 0. The topological polar surface area (TPSA) is 60.2 Å². The zero-order chi connectivity index (χ0) is 15.2. The monoisotopic (exact) mass is 289 g/mol. The van der Waals surface area contributed by atoms with Crippen molar-refractivity contribution in [2.24, 2.45) is 0 Å². The molecule has 6 heteroatoms. The van der Waals surface area contributed by atoms with Crippen LogP contribution in [0.4, 0.5) is 4.39 Å². The number of aromatic nitrogens is 3. The zero-order valence-electron chi connectivity index (χ0n) is 11.9. The Morgan fingerprint density at radius 3 is 2.95 bits per heavy atom. The molecule has 0 unspecified atom stereocenters. The minimum atomic E-state index is -0.472. The molecular weight excluding hydrogens is 273 g/mol. The third-order valence-corrected chi connectivity index (χ3v) is 2.74. The lowest BCUT2D eigenvalue weighted by Gasteiger charge is -2.11. The summed E-state index contributed by atoms with van der Waals surface area (Å²) in [6.07, 6.45) is 1.44. The van der Waals surface area contributed by atoms with Gasteiger partial charge in [0.25, 0.3) is 0 Å². The second-order valence-corrected chi connectivity index (χ2v) is 4.61. The largest absolute Gasteiger partial charge is 0.483 e. The van der Waals surface area contributed by atoms with Crippen molar-refractivity contribution in [2.75, 3.05) is 6.61 Å². The normalized spacial score (nSPS) is 10.3. The Hall–Kier alpha value is -2.39. The molecule has 0 aliphatic carbocycles. The lowest BCUT2D eigenvalue weighted by atomic mass is 10.2. The average molecular weight is 289 g/mol. The molecule has 1 aromatic heterocycles. The first-order valence-corrected chi connectivity index (χ1v) is 6.52. The highest BCUT2D eigenvalue weighted by Crippen LogP contribution is 2.20. The van der Waals surface area contributed by atoms with Gasteiger partial charge in [0, 0.05) is 11.6 Å². The minimum Gasteiger partial charge on any atom is -0.483 e. The SMILES string of the molecule is CC(C)n1ncnc1COc1cc(C#CCO)ccc1F. The van der Waals surface area contributed by atoms with Crippen LogP contribution in [0.5, 0.6) is 5.75 Å². The third kappa shape index (κ3) is 3.80. The summed E-state index contributed by atoms with van der Waals surface area (Å²) < 4.78 is 20.9. The number of aliphatic hydroxyl groups is 1. The van der Waals surface area contributed by atoms with Crippen molar-refractivity contribution in [1.29, 1.82) is 0 Å². The second kappa shape index (κ2) is 6.86. The number of halogens is 1. The highest BCUT2D eigenvalue weighted by molar-refractivity contribution is 5.40. The number of hydrogen-bond acceptors (Lipinski definition) is 4. The number of rotatable bonds is 4. The molecule has 0 spiro atoms. The van der Waals surface area contributed by atoms with Crippen molar-refractivity contribution in [2.45, 2.75) is 26.5 Å². The van der Waals surface area contributed by atoms with Crippen LogP contribution in [-0.2, 0) is 6.61 Å². The Morgan fingerprint density at radius 1 is 1.43 bits per heavy atom. The molecule has 0 amide bonds. The summed E-state index contributed by atoms with van der Waals surface area (Å²) in [6, 6.07) is 4.46. The van der Waals surface area contributed by atoms with Gasteiger partial charge in [-0.2, -0.15) is 5.10 Å². The first-order chi connectivity index (χ1) is 10.1. The van der Waals surface area contributed by atoms with Gasteiger partial charge in [0.1, 0.15) is 19.5 Å². The molecule has 0 fully saturated rings. The van der Waals surface area contributed by atoms with Gasteiger partial charge >= 0.3 is 0 Å². The molecule has 0 atom stereocenters. The van der Waals surface area contributed by atoms with Crippen molar-refractivity contribution in [3.8, 4) is 17.6 Å². The third-order valence-electron chi connectivity index (χ3n) is 2.74. The van der Waals surface area contributed by atoms with E-state index in [1.165, 1.54) is 24.5 Å². The molecule has 0 aliphatic heterocycles. The molecule has 2 rings (SSSR count). The smallest absolute Gasteiger partial charge is 0.165 e. The summed E-state index contributed by atoms with van der Waals surface area (Å²) in [4.78, 5) is 4.10. The van der Waals surface area contributed by atoms with E-state index in [2.05, 4.69) is 21.9 Å². The second-order valence-electron chi connectivity index (χ2n) is 4.61. The summed E-state index contributed by atoms with van der Waals surface area (Å²) in [5, 5.41) is 12.8. The van der Waals surface area contributed by atoms with Crippen molar-refractivity contribution >= 4 is 0 Å². The Labute approximate surface area is 122 Å². The van der Waals surface area contributed by atoms with Crippen LogP contribution in [0, 0.1) is 17.7 Å². The van der Waals surface area contributed by atoms with E-state index in [1.807, 2.05) is 13.8 Å². The van der Waals surface area contributed by atoms with E-state index in [9.17, 15) is 4.39 Å². The predicted octanol–water partition coefficient (Wildman–Crippen LogP) is 1.92. The molecule has 21 heavy (non-hydrogen) atoms. The fourth-order valence-corrected chi connectivity index (χ4v) is 1.78. The number of hydrogen-bond donors (Lipinski definition) is 1. The highest BCUT2D eigenvalue weighted by Gasteiger charge is 2.10. The quantitative estimate of drug-likeness (QED) is 0.874. The first-order valence-electron chi connectivity index (χ1n) is 6.52. The Kier molecular flexibility index (Phi) is 4.90. The standard InChI is InChI=1S/C15H16FN3O2/c1-11(2)19-15(17-10-18-19)9-21-14-8-12(4-3-7-20)5-6-13(14)16/h5-6,8,10-11,20H,7,9H2,1-2H3. The number of aliphatic hydroxyl groups excluding tert-OH is 1. The Bertz CT molecular complexity index is 671. The van der Waals surface area contributed by atoms with Crippen LogP contribution in [0.1, 0.15) is 31.3 Å². The van der Waals surface area contributed by atoms with Crippen LogP contribution in [-0.4, -0.2) is 26.5 Å². The van der Waals surface area contributed by atoms with Gasteiger partial charge in [-0.1, -0.05) is 11.8 Å². The molecule has 0 saturated heterocycles. The maximum absolute atomic E-state index is 13.7. The van der Waals surface area contributed by atoms with Crippen LogP contribution in [0.3, 0.4) is 0 Å². The van der Waals surface area contributed by atoms with Crippen LogP contribution in [0.2, 0.25) is 0 Å². The Balaban J connectivity index is 2.14. The van der Waals surface area contributed by atoms with Crippen molar-refractivity contribution in [3.63, 3.8) is 0 Å². The Morgan fingerprint density at radius 2 is 2.24 bits per heavy atom. The van der Waals surface area contributed by atoms with E-state index in [4.69, 9.17) is 9.84 Å². The molecule has 0 saturated carbocycles. The van der Waals surface area contributed by atoms with Crippen molar-refractivity contribution in [3.05, 3.63) is 41.7 Å². The van der Waals surface area contributed by atoms with E-state index >= 15 is 0 Å². The van der Waals surface area contributed by atoms with E-state index in [0.29, 0.717) is 11.4 Å².